The van der Waals surface area contributed by atoms with Crippen molar-refractivity contribution in [2.75, 3.05) is 0 Å². The zero-order chi connectivity index (χ0) is 92.9. The largest absolute Gasteiger partial charge is 0.274 e. The van der Waals surface area contributed by atoms with Gasteiger partial charge in [0.25, 0.3) is 0 Å². The topological polar surface area (TPSA) is 151 Å². The van der Waals surface area contributed by atoms with Gasteiger partial charge in [-0.1, -0.05) is 353 Å². The maximum atomic E-state index is 4.57. The van der Waals surface area contributed by atoms with Crippen LogP contribution in [0.2, 0.25) is 0 Å². The van der Waals surface area contributed by atoms with Crippen LogP contribution in [0.25, 0.3) is 194 Å². The van der Waals surface area contributed by atoms with E-state index in [0.717, 1.165) is 194 Å². The Bertz CT molecular complexity index is 8870. The van der Waals surface area contributed by atoms with E-state index in [2.05, 4.69) is 474 Å². The molecule has 0 bridgehead atoms. The van der Waals surface area contributed by atoms with Crippen molar-refractivity contribution in [3.63, 3.8) is 0 Å². The molecule has 0 fully saturated rings. The lowest BCUT2D eigenvalue weighted by Gasteiger charge is -2.14. The Kier molecular flexibility index (Phi) is 25.0. The highest BCUT2D eigenvalue weighted by atomic mass is 79.9. The number of pyridine rings is 5. The van der Waals surface area contributed by atoms with Crippen LogP contribution in [0.3, 0.4) is 0 Å². The first-order valence-corrected chi connectivity index (χ1v) is 50.3. The highest BCUT2D eigenvalue weighted by Crippen LogP contribution is 2.42. The standard InChI is InChI=1S/2C24H20BrN3.2C23H18BrN3.C22H16BrN3/c1-3-15(2)17-10-13-22-21(14-17)19-6-4-5-7-20(19)24-27-26-23(28(22)24)16-8-11-18(25)12-9-16;1-2-3-6-16-9-14-22-21(15-16)19-7-4-5-8-20(19)24-27-26-23(28(22)24)17-10-12-18(25)13-11-17;1-14(2)16-9-12-21-20(13-16)18-5-3-4-6-19(18)23-26-25-22(27(21)23)15-7-10-17(24)11-8-15;1-2-5-15-8-13-21-20(14-15)18-6-3-4-7-19(18)23-26-25-22(27(21)23)16-9-11-17(24)12-10-16;1-2-14-7-12-20-19(13-14)17-5-3-4-6-18(17)22-25-24-21(26(20)22)15-8-10-16(23)11-9-15/h4-15H,3H2,1-2H3;4-5,7-15H,2-3,6H2,1H3;3-14H,1-2H3;3-4,6-14H,2,5H2,1H3;3-13H,2H2,1H3. The zero-order valence-electron chi connectivity index (χ0n) is 76.0. The van der Waals surface area contributed by atoms with Gasteiger partial charge in [-0.3, -0.25) is 22.0 Å². The number of hydrogen-bond donors (Lipinski definition) is 0. The molecule has 0 aliphatic rings. The first-order valence-electron chi connectivity index (χ1n) is 46.3. The summed E-state index contributed by atoms with van der Waals surface area (Å²) < 4.78 is 16.2. The zero-order valence-corrected chi connectivity index (χ0v) is 83.9. The Morgan fingerprint density at radius 1 is 0.228 bits per heavy atom. The average molecular weight is 2100 g/mol. The number of hydrogen-bond acceptors (Lipinski definition) is 10. The van der Waals surface area contributed by atoms with E-state index < -0.39 is 0 Å². The minimum atomic E-state index is 0.482. The van der Waals surface area contributed by atoms with Crippen LogP contribution in [0.1, 0.15) is 114 Å². The predicted octanol–water partition coefficient (Wildman–Crippen LogP) is 32.8. The fourth-order valence-corrected chi connectivity index (χ4v) is 20.3. The molecule has 0 saturated heterocycles. The van der Waals surface area contributed by atoms with Crippen LogP contribution in [0.5, 0.6) is 0 Å². The number of aromatic nitrogens is 15. The summed E-state index contributed by atoms with van der Waals surface area (Å²) in [5.41, 5.74) is 22.3. The Morgan fingerprint density at radius 3 is 0.735 bits per heavy atom. The molecule has 20 heteroatoms. The maximum absolute atomic E-state index is 4.57. The third kappa shape index (κ3) is 16.7. The van der Waals surface area contributed by atoms with Crippen molar-refractivity contribution in [3.8, 4) is 56.9 Å². The highest BCUT2D eigenvalue weighted by molar-refractivity contribution is 9.11. The molecule has 25 rings (SSSR count). The number of nitrogens with zero attached hydrogens (tertiary/aromatic N) is 15. The van der Waals surface area contributed by atoms with Crippen molar-refractivity contribution in [2.24, 2.45) is 0 Å². The van der Waals surface area contributed by atoms with Crippen molar-refractivity contribution >= 4 is 216 Å². The highest BCUT2D eigenvalue weighted by Gasteiger charge is 2.24. The van der Waals surface area contributed by atoms with Gasteiger partial charge in [-0.05, 0) is 220 Å². The van der Waals surface area contributed by atoms with E-state index in [4.69, 9.17) is 0 Å². The molecule has 25 aromatic rings. The minimum Gasteiger partial charge on any atom is -0.274 e. The van der Waals surface area contributed by atoms with Crippen LogP contribution in [-0.2, 0) is 19.3 Å². The summed E-state index contributed by atoms with van der Waals surface area (Å²) in [4.78, 5) is 0. The number of unbranched alkanes of at least 4 members (excludes halogenated alkanes) is 1. The summed E-state index contributed by atoms with van der Waals surface area (Å²) in [6.07, 6.45) is 7.90. The number of rotatable bonds is 14. The average Bonchev–Trinajstić information content (AvgIpc) is 1.55. The number of aryl methyl sites for hydroxylation is 3. The van der Waals surface area contributed by atoms with E-state index in [1.54, 1.807) is 0 Å². The van der Waals surface area contributed by atoms with Crippen molar-refractivity contribution in [2.45, 2.75) is 105 Å². The molecule has 0 saturated carbocycles. The van der Waals surface area contributed by atoms with Gasteiger partial charge in [-0.2, -0.15) is 0 Å². The Hall–Kier alpha value is -13.6. The van der Waals surface area contributed by atoms with Crippen molar-refractivity contribution < 1.29 is 0 Å². The third-order valence-corrected chi connectivity index (χ3v) is 28.8. The molecule has 0 N–H and O–H groups in total. The monoisotopic (exact) mass is 2090 g/mol. The van der Waals surface area contributed by atoms with Gasteiger partial charge in [-0.25, -0.2) is 0 Å². The number of fused-ring (bicyclic) bond motifs is 30. The molecule has 0 amide bonds. The van der Waals surface area contributed by atoms with Crippen molar-refractivity contribution in [1.82, 2.24) is 73.0 Å². The summed E-state index contributed by atoms with van der Waals surface area (Å²) in [5.74, 6) is 5.37. The predicted molar refractivity (Wildman–Crippen MR) is 580 cm³/mol. The van der Waals surface area contributed by atoms with Crippen LogP contribution in [0.4, 0.5) is 0 Å². The third-order valence-electron chi connectivity index (χ3n) is 26.2. The maximum Gasteiger partial charge on any atom is 0.169 e. The molecule has 15 nitrogen and oxygen atoms in total. The van der Waals surface area contributed by atoms with Gasteiger partial charge in [0.1, 0.15) is 0 Å². The molecule has 0 aliphatic carbocycles. The molecule has 0 aliphatic heterocycles. The van der Waals surface area contributed by atoms with E-state index in [1.807, 2.05) is 60.7 Å². The van der Waals surface area contributed by atoms with Crippen molar-refractivity contribution in [1.29, 1.82) is 0 Å². The first kappa shape index (κ1) is 89.0. The van der Waals surface area contributed by atoms with Crippen molar-refractivity contribution in [3.05, 3.63) is 384 Å². The summed E-state index contributed by atoms with van der Waals surface area (Å²) in [7, 11) is 0. The van der Waals surface area contributed by atoms with Gasteiger partial charge in [0.2, 0.25) is 0 Å². The second-order valence-electron chi connectivity index (χ2n) is 35.0. The number of halogens is 5. The SMILES string of the molecule is CC(C)c1ccc2c(c1)c1ccccc1c1nnc(-c3ccc(Br)cc3)n21.CCC(C)c1ccc2c(c1)c1ccccc1c1nnc(-c3ccc(Br)cc3)n21.CCCCc1ccc2c(c1)c1ccccc1c1nnc(-c3ccc(Br)cc3)n21.CCCc1ccc2c(c1)c1ccccc1c1nnc(-c3ccc(Br)cc3)n21.CCc1ccc2c(c1)c1ccccc1c1nnc(-c3ccc(Br)cc3)n21. The molecular formula is C116H92Br5N15. The van der Waals surface area contributed by atoms with Gasteiger partial charge < -0.3 is 0 Å². The van der Waals surface area contributed by atoms with Crippen LogP contribution in [-0.4, -0.2) is 73.0 Å². The van der Waals surface area contributed by atoms with Gasteiger partial charge in [0, 0.05) is 104 Å². The fourth-order valence-electron chi connectivity index (χ4n) is 18.9. The molecule has 136 heavy (non-hydrogen) atoms. The van der Waals surface area contributed by atoms with Gasteiger partial charge in [0.05, 0.1) is 27.6 Å². The van der Waals surface area contributed by atoms with E-state index in [-0.39, 0.29) is 0 Å². The molecule has 666 valence electrons. The van der Waals surface area contributed by atoms with E-state index in [0.29, 0.717) is 11.8 Å². The molecule has 1 unspecified atom stereocenters. The van der Waals surface area contributed by atoms with E-state index in [9.17, 15) is 0 Å². The minimum absolute atomic E-state index is 0.482. The summed E-state index contributed by atoms with van der Waals surface area (Å²) in [6, 6.07) is 117. The molecular weight excluding hydrogens is 2000 g/mol. The summed E-state index contributed by atoms with van der Waals surface area (Å²) in [6.45, 7) is 15.6. The summed E-state index contributed by atoms with van der Waals surface area (Å²) >= 11 is 17.6. The van der Waals surface area contributed by atoms with Gasteiger partial charge in [-0.15, -0.1) is 51.0 Å². The van der Waals surface area contributed by atoms with Crippen LogP contribution in [0.15, 0.2) is 356 Å². The van der Waals surface area contributed by atoms with E-state index >= 15 is 0 Å². The van der Waals surface area contributed by atoms with Crippen LogP contribution < -0.4 is 0 Å². The number of benzene rings is 15. The Labute approximate surface area is 828 Å². The quantitative estimate of drug-likeness (QED) is 0.0962. The lowest BCUT2D eigenvalue weighted by molar-refractivity contribution is 0.734. The lowest BCUT2D eigenvalue weighted by Crippen LogP contribution is -1.97. The second kappa shape index (κ2) is 38.3. The Balaban J connectivity index is 0.000000102. The Morgan fingerprint density at radius 2 is 0.471 bits per heavy atom. The van der Waals surface area contributed by atoms with Crippen LogP contribution >= 0.6 is 79.6 Å². The normalized spacial score (nSPS) is 11.9. The molecule has 15 aromatic carbocycles. The molecule has 0 spiro atoms. The first-order chi connectivity index (χ1) is 66.6. The lowest BCUT2D eigenvalue weighted by atomic mass is 9.95. The van der Waals surface area contributed by atoms with Gasteiger partial charge >= 0.3 is 0 Å². The van der Waals surface area contributed by atoms with Crippen LogP contribution in [0, 0.1) is 0 Å². The fraction of sp³-hybridized carbons (Fsp3) is 0.138. The molecule has 1 atom stereocenters. The molecule has 10 heterocycles. The van der Waals surface area contributed by atoms with Gasteiger partial charge in [0.15, 0.2) is 57.4 Å². The molecule has 0 radical (unpaired) electrons. The van der Waals surface area contributed by atoms with E-state index in [1.165, 1.54) is 94.5 Å². The molecule has 10 aromatic heterocycles. The smallest absolute Gasteiger partial charge is 0.169 e. The summed E-state index contributed by atoms with van der Waals surface area (Å²) in [5, 5.41) is 63.6. The second-order valence-corrected chi connectivity index (χ2v) is 39.5.